The monoisotopic (exact) mass is 320 g/mol. The minimum Gasteiger partial charge on any atom is -0.273 e. The molecule has 6 heteroatoms. The molecule has 1 aliphatic heterocycles. The van der Waals surface area contributed by atoms with Gasteiger partial charge in [-0.3, -0.25) is 4.79 Å². The highest BCUT2D eigenvalue weighted by molar-refractivity contribution is 6.31. The summed E-state index contributed by atoms with van der Waals surface area (Å²) >= 11 is 5.72. The molecular weight excluding hydrogens is 310 g/mol. The van der Waals surface area contributed by atoms with Gasteiger partial charge in [-0.2, -0.15) is 5.10 Å². The van der Waals surface area contributed by atoms with Gasteiger partial charge in [0.1, 0.15) is 11.6 Å². The van der Waals surface area contributed by atoms with E-state index in [-0.39, 0.29) is 16.5 Å². The largest absolute Gasteiger partial charge is 0.273 e. The number of carbonyl (C=O) groups excluding carboxylic acids is 1. The molecule has 0 N–H and O–H groups in total. The lowest BCUT2D eigenvalue weighted by Crippen LogP contribution is -2.28. The molecular formula is C16H11ClF2N2O. The first-order valence-electron chi connectivity index (χ1n) is 6.66. The van der Waals surface area contributed by atoms with Gasteiger partial charge in [0, 0.05) is 24.3 Å². The molecule has 3 rings (SSSR count). The highest BCUT2D eigenvalue weighted by Crippen LogP contribution is 2.30. The average molecular weight is 321 g/mol. The normalized spacial score (nSPS) is 14.5. The van der Waals surface area contributed by atoms with Crippen LogP contribution in [0.2, 0.25) is 5.02 Å². The molecule has 0 aromatic heterocycles. The fraction of sp³-hybridized carbons (Fsp3) is 0.125. The van der Waals surface area contributed by atoms with Crippen LogP contribution in [0.5, 0.6) is 0 Å². The fourth-order valence-electron chi connectivity index (χ4n) is 2.24. The number of anilines is 1. The number of nitrogens with zero attached hydrogens (tertiary/aromatic N) is 2. The van der Waals surface area contributed by atoms with E-state index in [4.69, 9.17) is 11.6 Å². The van der Waals surface area contributed by atoms with Crippen molar-refractivity contribution in [1.82, 2.24) is 0 Å². The van der Waals surface area contributed by atoms with E-state index < -0.39 is 11.6 Å². The van der Waals surface area contributed by atoms with Gasteiger partial charge in [0.05, 0.1) is 10.7 Å². The van der Waals surface area contributed by atoms with E-state index in [1.54, 1.807) is 12.3 Å². The van der Waals surface area contributed by atoms with Gasteiger partial charge in [0.25, 0.3) is 0 Å². The van der Waals surface area contributed by atoms with Gasteiger partial charge < -0.3 is 0 Å². The summed E-state index contributed by atoms with van der Waals surface area (Å²) in [5.41, 5.74) is 1.10. The average Bonchev–Trinajstić information content (AvgIpc) is 2.50. The van der Waals surface area contributed by atoms with Gasteiger partial charge in [-0.05, 0) is 36.2 Å². The molecule has 0 saturated heterocycles. The Morgan fingerprint density at radius 1 is 1.09 bits per heavy atom. The lowest BCUT2D eigenvalue weighted by atomic mass is 10.0. The molecule has 1 aliphatic rings. The summed E-state index contributed by atoms with van der Waals surface area (Å²) in [7, 11) is 0. The van der Waals surface area contributed by atoms with Crippen LogP contribution in [0, 0.1) is 11.6 Å². The Labute approximate surface area is 130 Å². The molecule has 0 spiro atoms. The van der Waals surface area contributed by atoms with Gasteiger partial charge in [-0.1, -0.05) is 17.7 Å². The Bertz CT molecular complexity index is 777. The van der Waals surface area contributed by atoms with Crippen LogP contribution in [0.15, 0.2) is 41.5 Å². The molecule has 22 heavy (non-hydrogen) atoms. The van der Waals surface area contributed by atoms with Gasteiger partial charge >= 0.3 is 0 Å². The minimum atomic E-state index is -0.560. The molecule has 1 heterocycles. The van der Waals surface area contributed by atoms with Crippen molar-refractivity contribution in [1.29, 1.82) is 0 Å². The number of carbonyl (C=O) groups is 1. The molecule has 2 aromatic carbocycles. The van der Waals surface area contributed by atoms with Crippen LogP contribution in [0.3, 0.4) is 0 Å². The summed E-state index contributed by atoms with van der Waals surface area (Å²) < 4.78 is 27.5. The molecule has 2 aromatic rings. The van der Waals surface area contributed by atoms with Crippen molar-refractivity contribution in [3.05, 3.63) is 53.1 Å². The summed E-state index contributed by atoms with van der Waals surface area (Å²) in [5, 5.41) is 5.07. The first kappa shape index (κ1) is 14.7. The number of benzene rings is 2. The lowest BCUT2D eigenvalue weighted by Gasteiger charge is -2.20. The maximum Gasteiger partial charge on any atom is 0.247 e. The highest BCUT2D eigenvalue weighted by Gasteiger charge is 2.19. The van der Waals surface area contributed by atoms with E-state index in [9.17, 15) is 13.6 Å². The van der Waals surface area contributed by atoms with E-state index in [2.05, 4.69) is 5.10 Å². The third-order valence-corrected chi connectivity index (χ3v) is 3.64. The SMILES string of the molecule is O=C1CCC=NN1c1ccc(-c2ccc(F)c(Cl)c2)c(F)c1. The third-order valence-electron chi connectivity index (χ3n) is 3.35. The summed E-state index contributed by atoms with van der Waals surface area (Å²) in [5.74, 6) is -1.27. The molecule has 0 bridgehead atoms. The van der Waals surface area contributed by atoms with Crippen molar-refractivity contribution < 1.29 is 13.6 Å². The zero-order valence-corrected chi connectivity index (χ0v) is 12.1. The minimum absolute atomic E-state index is 0.0724. The smallest absolute Gasteiger partial charge is 0.247 e. The third kappa shape index (κ3) is 2.72. The number of hydrogen-bond donors (Lipinski definition) is 0. The Morgan fingerprint density at radius 3 is 2.59 bits per heavy atom. The van der Waals surface area contributed by atoms with Crippen molar-refractivity contribution in [2.75, 3.05) is 5.01 Å². The Morgan fingerprint density at radius 2 is 1.91 bits per heavy atom. The van der Waals surface area contributed by atoms with Gasteiger partial charge in [0.15, 0.2) is 0 Å². The van der Waals surface area contributed by atoms with E-state index in [1.165, 1.54) is 35.3 Å². The van der Waals surface area contributed by atoms with Gasteiger partial charge in [-0.25, -0.2) is 13.8 Å². The molecule has 0 unspecified atom stereocenters. The Kier molecular flexibility index (Phi) is 3.90. The van der Waals surface area contributed by atoms with Crippen molar-refractivity contribution >= 4 is 29.4 Å². The molecule has 3 nitrogen and oxygen atoms in total. The standard InChI is InChI=1S/C16H11ClF2N2O/c17-13-8-10(3-6-14(13)18)12-5-4-11(9-15(12)19)21-16(22)2-1-7-20-21/h3-9H,1-2H2. The molecule has 0 aliphatic carbocycles. The summed E-state index contributed by atoms with van der Waals surface area (Å²) in [6, 6.07) is 8.33. The number of amides is 1. The van der Waals surface area contributed by atoms with Crippen molar-refractivity contribution in [2.45, 2.75) is 12.8 Å². The number of halogens is 3. The molecule has 0 saturated carbocycles. The number of hydrogen-bond acceptors (Lipinski definition) is 2. The van der Waals surface area contributed by atoms with E-state index in [0.29, 0.717) is 24.1 Å². The first-order chi connectivity index (χ1) is 10.6. The maximum atomic E-state index is 14.3. The number of hydrazone groups is 1. The predicted molar refractivity (Wildman–Crippen MR) is 82.0 cm³/mol. The fourth-order valence-corrected chi connectivity index (χ4v) is 2.42. The summed E-state index contributed by atoms with van der Waals surface area (Å²) in [6.07, 6.45) is 2.55. The van der Waals surface area contributed by atoms with Crippen molar-refractivity contribution in [3.63, 3.8) is 0 Å². The van der Waals surface area contributed by atoms with E-state index >= 15 is 0 Å². The highest BCUT2D eigenvalue weighted by atomic mass is 35.5. The molecule has 0 radical (unpaired) electrons. The van der Waals surface area contributed by atoms with Crippen LogP contribution >= 0.6 is 11.6 Å². The van der Waals surface area contributed by atoms with E-state index in [0.717, 1.165) is 0 Å². The van der Waals surface area contributed by atoms with Crippen LogP contribution in [0.4, 0.5) is 14.5 Å². The second kappa shape index (κ2) is 5.85. The Hall–Kier alpha value is -2.27. The zero-order chi connectivity index (χ0) is 15.7. The lowest BCUT2D eigenvalue weighted by molar-refractivity contribution is -0.118. The molecule has 112 valence electrons. The zero-order valence-electron chi connectivity index (χ0n) is 11.4. The van der Waals surface area contributed by atoms with Crippen LogP contribution in [-0.4, -0.2) is 12.1 Å². The topological polar surface area (TPSA) is 32.7 Å². The van der Waals surface area contributed by atoms with Gasteiger partial charge in [-0.15, -0.1) is 0 Å². The summed E-state index contributed by atoms with van der Waals surface area (Å²) in [4.78, 5) is 11.8. The first-order valence-corrected chi connectivity index (χ1v) is 7.04. The van der Waals surface area contributed by atoms with Crippen molar-refractivity contribution in [3.8, 4) is 11.1 Å². The predicted octanol–water partition coefficient (Wildman–Crippen LogP) is 4.40. The molecule has 0 fully saturated rings. The second-order valence-electron chi connectivity index (χ2n) is 4.84. The molecule has 1 amide bonds. The van der Waals surface area contributed by atoms with Crippen LogP contribution in [0.25, 0.3) is 11.1 Å². The second-order valence-corrected chi connectivity index (χ2v) is 5.24. The quantitative estimate of drug-likeness (QED) is 0.807. The van der Waals surface area contributed by atoms with Crippen LogP contribution < -0.4 is 5.01 Å². The summed E-state index contributed by atoms with van der Waals surface area (Å²) in [6.45, 7) is 0. The maximum absolute atomic E-state index is 14.3. The van der Waals surface area contributed by atoms with Crippen LogP contribution in [0.1, 0.15) is 12.8 Å². The van der Waals surface area contributed by atoms with Crippen LogP contribution in [-0.2, 0) is 4.79 Å². The number of rotatable bonds is 2. The van der Waals surface area contributed by atoms with Crippen molar-refractivity contribution in [2.24, 2.45) is 5.10 Å². The van der Waals surface area contributed by atoms with E-state index in [1.807, 2.05) is 0 Å². The Balaban J connectivity index is 1.98. The molecule has 0 atom stereocenters. The van der Waals surface area contributed by atoms with Gasteiger partial charge in [0.2, 0.25) is 5.91 Å².